The third-order valence-electron chi connectivity index (χ3n) is 3.50. The van der Waals surface area contributed by atoms with Crippen LogP contribution >= 0.6 is 0 Å². The molecule has 0 radical (unpaired) electrons. The maximum absolute atomic E-state index is 11.7. The number of carbonyl (C=O) groups is 1. The second-order valence-corrected chi connectivity index (χ2v) is 5.02. The van der Waals surface area contributed by atoms with E-state index in [1.807, 2.05) is 0 Å². The lowest BCUT2D eigenvalue weighted by Gasteiger charge is -2.35. The van der Waals surface area contributed by atoms with Gasteiger partial charge in [-0.3, -0.25) is 9.69 Å². The average Bonchev–Trinajstić information content (AvgIpc) is 2.37. The molecule has 0 unspecified atom stereocenters. The molecule has 4 nitrogen and oxygen atoms in total. The smallest absolute Gasteiger partial charge is 0.234 e. The summed E-state index contributed by atoms with van der Waals surface area (Å²) in [4.78, 5) is 14.0. The van der Waals surface area contributed by atoms with Gasteiger partial charge in [-0.1, -0.05) is 12.8 Å². The number of nitrogens with two attached hydrogens (primary N) is 1. The molecule has 102 valence electrons. The van der Waals surface area contributed by atoms with Gasteiger partial charge in [0, 0.05) is 12.1 Å². The summed E-state index contributed by atoms with van der Waals surface area (Å²) in [6.45, 7) is 3.87. The highest BCUT2D eigenvalue weighted by atomic mass is 16.2. The Labute approximate surface area is 110 Å². The number of hydrogen-bond acceptors (Lipinski definition) is 3. The Morgan fingerprint density at radius 3 is 2.67 bits per heavy atom. The standard InChI is InChI=1S/C14H25N3O/c1-3-9-16-14(18)11-17(10-4-2)13-7-5-12(15)6-8-13/h1,12-13H,4-11,15H2,2H3,(H,16,18). The van der Waals surface area contributed by atoms with Crippen LogP contribution in [0.2, 0.25) is 0 Å². The van der Waals surface area contributed by atoms with Crippen LogP contribution in [0, 0.1) is 12.3 Å². The van der Waals surface area contributed by atoms with E-state index in [-0.39, 0.29) is 5.91 Å². The minimum Gasteiger partial charge on any atom is -0.344 e. The van der Waals surface area contributed by atoms with Gasteiger partial charge in [0.25, 0.3) is 0 Å². The van der Waals surface area contributed by atoms with Crippen molar-refractivity contribution in [3.8, 4) is 12.3 Å². The lowest BCUT2D eigenvalue weighted by atomic mass is 9.90. The van der Waals surface area contributed by atoms with E-state index < -0.39 is 0 Å². The van der Waals surface area contributed by atoms with E-state index in [4.69, 9.17) is 12.2 Å². The van der Waals surface area contributed by atoms with Gasteiger partial charge in [0.1, 0.15) is 0 Å². The van der Waals surface area contributed by atoms with Gasteiger partial charge < -0.3 is 11.1 Å². The molecule has 1 aliphatic carbocycles. The fraction of sp³-hybridized carbons (Fsp3) is 0.786. The molecule has 1 saturated carbocycles. The summed E-state index contributed by atoms with van der Waals surface area (Å²) < 4.78 is 0. The van der Waals surface area contributed by atoms with E-state index >= 15 is 0 Å². The maximum Gasteiger partial charge on any atom is 0.234 e. The molecule has 0 atom stereocenters. The van der Waals surface area contributed by atoms with E-state index in [9.17, 15) is 4.79 Å². The van der Waals surface area contributed by atoms with Gasteiger partial charge in [-0.15, -0.1) is 6.42 Å². The van der Waals surface area contributed by atoms with Crippen LogP contribution in [0.3, 0.4) is 0 Å². The first-order valence-electron chi connectivity index (χ1n) is 6.87. The predicted molar refractivity (Wildman–Crippen MR) is 73.9 cm³/mol. The average molecular weight is 251 g/mol. The van der Waals surface area contributed by atoms with Crippen molar-refractivity contribution in [3.05, 3.63) is 0 Å². The molecule has 0 aromatic carbocycles. The Balaban J connectivity index is 2.43. The zero-order valence-corrected chi connectivity index (χ0v) is 11.3. The summed E-state index contributed by atoms with van der Waals surface area (Å²) in [5.41, 5.74) is 5.92. The Hall–Kier alpha value is -1.05. The number of nitrogens with zero attached hydrogens (tertiary/aromatic N) is 1. The Kier molecular flexibility index (Phi) is 6.77. The Morgan fingerprint density at radius 2 is 2.11 bits per heavy atom. The largest absolute Gasteiger partial charge is 0.344 e. The lowest BCUT2D eigenvalue weighted by Crippen LogP contribution is -2.46. The van der Waals surface area contributed by atoms with E-state index in [2.05, 4.69) is 23.1 Å². The molecule has 4 heteroatoms. The Bertz CT molecular complexity index is 290. The minimum atomic E-state index is 0.0243. The molecule has 1 rings (SSSR count). The van der Waals surface area contributed by atoms with Crippen molar-refractivity contribution in [1.29, 1.82) is 0 Å². The van der Waals surface area contributed by atoms with E-state index in [0.717, 1.165) is 38.6 Å². The highest BCUT2D eigenvalue weighted by molar-refractivity contribution is 5.78. The van der Waals surface area contributed by atoms with Crippen LogP contribution in [0.5, 0.6) is 0 Å². The second-order valence-electron chi connectivity index (χ2n) is 5.02. The molecule has 1 aliphatic rings. The molecule has 0 aromatic heterocycles. The molecule has 0 heterocycles. The van der Waals surface area contributed by atoms with Gasteiger partial charge in [0.2, 0.25) is 5.91 Å². The summed E-state index contributed by atoms with van der Waals surface area (Å²) >= 11 is 0. The number of rotatable bonds is 6. The molecule has 1 amide bonds. The van der Waals surface area contributed by atoms with Gasteiger partial charge in [0.15, 0.2) is 0 Å². The van der Waals surface area contributed by atoms with Crippen LogP contribution in [0.15, 0.2) is 0 Å². The highest BCUT2D eigenvalue weighted by Crippen LogP contribution is 2.22. The Morgan fingerprint density at radius 1 is 1.44 bits per heavy atom. The fourth-order valence-corrected chi connectivity index (χ4v) is 2.53. The summed E-state index contributed by atoms with van der Waals surface area (Å²) in [6.07, 6.45) is 10.5. The van der Waals surface area contributed by atoms with Gasteiger partial charge in [0.05, 0.1) is 13.1 Å². The van der Waals surface area contributed by atoms with Crippen molar-refractivity contribution >= 4 is 5.91 Å². The van der Waals surface area contributed by atoms with Crippen molar-refractivity contribution in [2.24, 2.45) is 5.73 Å². The summed E-state index contributed by atoms with van der Waals surface area (Å²) in [5, 5.41) is 2.73. The molecule has 3 N–H and O–H groups in total. The highest BCUT2D eigenvalue weighted by Gasteiger charge is 2.24. The second kappa shape index (κ2) is 8.12. The van der Waals surface area contributed by atoms with Crippen molar-refractivity contribution in [2.45, 2.75) is 51.1 Å². The molecular formula is C14H25N3O. The van der Waals surface area contributed by atoms with E-state index in [0.29, 0.717) is 25.2 Å². The first-order valence-corrected chi connectivity index (χ1v) is 6.87. The SMILES string of the molecule is C#CCNC(=O)CN(CCC)C1CCC(N)CC1. The van der Waals surface area contributed by atoms with Crippen LogP contribution in [0.4, 0.5) is 0 Å². The zero-order valence-electron chi connectivity index (χ0n) is 11.3. The van der Waals surface area contributed by atoms with E-state index in [1.54, 1.807) is 0 Å². The van der Waals surface area contributed by atoms with Gasteiger partial charge in [-0.2, -0.15) is 0 Å². The summed E-state index contributed by atoms with van der Waals surface area (Å²) in [6, 6.07) is 0.848. The van der Waals surface area contributed by atoms with Crippen LogP contribution in [-0.2, 0) is 4.79 Å². The van der Waals surface area contributed by atoms with Crippen molar-refractivity contribution in [2.75, 3.05) is 19.6 Å². The fourth-order valence-electron chi connectivity index (χ4n) is 2.53. The molecule has 1 fully saturated rings. The van der Waals surface area contributed by atoms with Crippen LogP contribution in [-0.4, -0.2) is 42.5 Å². The van der Waals surface area contributed by atoms with Crippen LogP contribution in [0.1, 0.15) is 39.0 Å². The first kappa shape index (κ1) is 15.0. The third-order valence-corrected chi connectivity index (χ3v) is 3.50. The third kappa shape index (κ3) is 5.07. The zero-order chi connectivity index (χ0) is 13.4. The first-order chi connectivity index (χ1) is 8.67. The van der Waals surface area contributed by atoms with Crippen LogP contribution in [0.25, 0.3) is 0 Å². The number of carbonyl (C=O) groups excluding carboxylic acids is 1. The monoisotopic (exact) mass is 251 g/mol. The van der Waals surface area contributed by atoms with Crippen LogP contribution < -0.4 is 11.1 Å². The van der Waals surface area contributed by atoms with Crippen molar-refractivity contribution in [1.82, 2.24) is 10.2 Å². The number of nitrogens with one attached hydrogen (secondary N) is 1. The maximum atomic E-state index is 11.7. The molecule has 0 aromatic rings. The molecule has 0 bridgehead atoms. The van der Waals surface area contributed by atoms with Crippen molar-refractivity contribution in [3.63, 3.8) is 0 Å². The number of amides is 1. The summed E-state index contributed by atoms with van der Waals surface area (Å²) in [7, 11) is 0. The van der Waals surface area contributed by atoms with E-state index in [1.165, 1.54) is 0 Å². The summed E-state index contributed by atoms with van der Waals surface area (Å²) in [5.74, 6) is 2.45. The molecule has 0 saturated heterocycles. The number of terminal acetylenes is 1. The van der Waals surface area contributed by atoms with Gasteiger partial charge in [-0.05, 0) is 38.6 Å². The molecule has 0 spiro atoms. The van der Waals surface area contributed by atoms with Gasteiger partial charge in [-0.25, -0.2) is 0 Å². The molecule has 18 heavy (non-hydrogen) atoms. The lowest BCUT2D eigenvalue weighted by molar-refractivity contribution is -0.122. The topological polar surface area (TPSA) is 58.4 Å². The number of hydrogen-bond donors (Lipinski definition) is 2. The predicted octanol–water partition coefficient (Wildman–Crippen LogP) is 0.718. The molecule has 0 aliphatic heterocycles. The molecular weight excluding hydrogens is 226 g/mol. The van der Waals surface area contributed by atoms with Crippen molar-refractivity contribution < 1.29 is 4.79 Å². The van der Waals surface area contributed by atoms with Gasteiger partial charge >= 0.3 is 0 Å². The quantitative estimate of drug-likeness (QED) is 0.684. The minimum absolute atomic E-state index is 0.0243. The normalized spacial score (nSPS) is 23.7.